The number of benzene rings is 1. The van der Waals surface area contributed by atoms with E-state index in [-0.39, 0.29) is 12.5 Å². The lowest BCUT2D eigenvalue weighted by Gasteiger charge is -2.28. The van der Waals surface area contributed by atoms with E-state index in [0.29, 0.717) is 24.8 Å². The van der Waals surface area contributed by atoms with Crippen LogP contribution in [0.2, 0.25) is 0 Å². The van der Waals surface area contributed by atoms with Crippen LogP contribution in [0.15, 0.2) is 35.1 Å². The maximum absolute atomic E-state index is 13.9. The first kappa shape index (κ1) is 31.5. The molecule has 5 nitrogen and oxygen atoms in total. The van der Waals surface area contributed by atoms with E-state index < -0.39 is 12.1 Å². The van der Waals surface area contributed by atoms with E-state index in [2.05, 4.69) is 32.8 Å². The molecule has 0 aliphatic heterocycles. The number of halogens is 2. The molecule has 0 spiro atoms. The summed E-state index contributed by atoms with van der Waals surface area (Å²) in [5.74, 6) is 1.20. The highest BCUT2D eigenvalue weighted by molar-refractivity contribution is 9.10. The minimum absolute atomic E-state index is 0.179. The van der Waals surface area contributed by atoms with Crippen molar-refractivity contribution in [1.29, 1.82) is 0 Å². The summed E-state index contributed by atoms with van der Waals surface area (Å²) in [6, 6.07) is 5.96. The molecule has 0 saturated heterocycles. The van der Waals surface area contributed by atoms with Crippen molar-refractivity contribution in [3.05, 3.63) is 40.6 Å². The Balaban J connectivity index is 1.38. The minimum atomic E-state index is -1.50. The molecular weight excluding hydrogens is 559 g/mol. The zero-order valence-corrected chi connectivity index (χ0v) is 25.4. The largest absolute Gasteiger partial charge is 0.492 e. The Morgan fingerprint density at radius 3 is 2.31 bits per heavy atom. The van der Waals surface area contributed by atoms with Crippen LogP contribution in [0, 0.1) is 5.92 Å². The highest BCUT2D eigenvalue weighted by Gasteiger charge is 2.27. The number of esters is 1. The summed E-state index contributed by atoms with van der Waals surface area (Å²) in [5.41, 5.74) is 2.14. The summed E-state index contributed by atoms with van der Waals surface area (Å²) in [5, 5.41) is 0. The van der Waals surface area contributed by atoms with Crippen LogP contribution in [-0.4, -0.2) is 34.8 Å². The van der Waals surface area contributed by atoms with Gasteiger partial charge in [0, 0.05) is 18.0 Å². The number of aryl methyl sites for hydroxylation is 1. The van der Waals surface area contributed by atoms with Crippen LogP contribution in [0.5, 0.6) is 5.75 Å². The Morgan fingerprint density at radius 2 is 1.64 bits per heavy atom. The van der Waals surface area contributed by atoms with Crippen LogP contribution in [-0.2, 0) is 16.0 Å². The van der Waals surface area contributed by atoms with Crippen molar-refractivity contribution in [2.24, 2.45) is 5.92 Å². The molecule has 2 aromatic rings. The van der Waals surface area contributed by atoms with Gasteiger partial charge in [0.15, 0.2) is 12.0 Å². The molecule has 1 fully saturated rings. The van der Waals surface area contributed by atoms with Crippen LogP contribution in [0.4, 0.5) is 4.39 Å². The molecule has 1 aliphatic rings. The van der Waals surface area contributed by atoms with E-state index in [1.165, 1.54) is 50.5 Å². The number of alkyl halides is 1. The second-order valence-corrected chi connectivity index (χ2v) is 11.8. The van der Waals surface area contributed by atoms with Crippen LogP contribution in [0.3, 0.4) is 0 Å². The molecule has 1 aromatic heterocycles. The SMILES string of the molecule is CCCCCCCCCc1cnc(-c2ccc(OCC3CCC(OC(=O)[C@@H](F)CCCC)CC3)c(Br)c2)nc1. The lowest BCUT2D eigenvalue weighted by molar-refractivity contribution is -0.157. The number of ether oxygens (including phenoxy) is 2. The summed E-state index contributed by atoms with van der Waals surface area (Å²) >= 11 is 3.64. The first-order valence-corrected chi connectivity index (χ1v) is 15.9. The van der Waals surface area contributed by atoms with E-state index in [4.69, 9.17) is 9.47 Å². The fraction of sp³-hybridized carbons (Fsp3) is 0.656. The standard InChI is InChI=1S/C32H46BrFN2O3/c1-3-5-7-8-9-10-11-12-25-21-35-31(36-22-25)26-16-19-30(28(33)20-26)38-23-24-14-17-27(18-15-24)39-32(37)29(34)13-6-4-2/h16,19-22,24,27,29H,3-15,17-18,23H2,1-2H3/t24?,27?,29-/m0/s1. The van der Waals surface area contributed by atoms with Gasteiger partial charge in [-0.15, -0.1) is 0 Å². The third kappa shape index (κ3) is 11.2. The predicted octanol–water partition coefficient (Wildman–Crippen LogP) is 9.21. The van der Waals surface area contributed by atoms with E-state index in [0.717, 1.165) is 54.3 Å². The maximum Gasteiger partial charge on any atom is 0.340 e. The molecule has 0 amide bonds. The second-order valence-electron chi connectivity index (χ2n) is 10.9. The van der Waals surface area contributed by atoms with Gasteiger partial charge in [-0.2, -0.15) is 0 Å². The normalized spacial score (nSPS) is 18.1. The number of carbonyl (C=O) groups excluding carboxylic acids is 1. The number of rotatable bonds is 17. The molecule has 0 N–H and O–H groups in total. The van der Waals surface area contributed by atoms with Crippen molar-refractivity contribution in [2.75, 3.05) is 6.61 Å². The Hall–Kier alpha value is -2.02. The summed E-state index contributed by atoms with van der Waals surface area (Å²) in [4.78, 5) is 21.1. The number of nitrogens with zero attached hydrogens (tertiary/aromatic N) is 2. The molecule has 39 heavy (non-hydrogen) atoms. The monoisotopic (exact) mass is 604 g/mol. The van der Waals surface area contributed by atoms with Gasteiger partial charge < -0.3 is 9.47 Å². The average Bonchev–Trinajstić information content (AvgIpc) is 2.95. The summed E-state index contributed by atoms with van der Waals surface area (Å²) < 4.78 is 26.3. The van der Waals surface area contributed by atoms with E-state index >= 15 is 0 Å². The van der Waals surface area contributed by atoms with Gasteiger partial charge in [-0.05, 0) is 90.6 Å². The molecule has 1 aromatic carbocycles. The number of hydrogen-bond donors (Lipinski definition) is 0. The van der Waals surface area contributed by atoms with E-state index in [1.807, 2.05) is 37.5 Å². The van der Waals surface area contributed by atoms with E-state index in [9.17, 15) is 9.18 Å². The van der Waals surface area contributed by atoms with Crippen molar-refractivity contribution in [1.82, 2.24) is 9.97 Å². The first-order chi connectivity index (χ1) is 19.0. The quantitative estimate of drug-likeness (QED) is 0.133. The van der Waals surface area contributed by atoms with Crippen LogP contribution in [0.1, 0.15) is 109 Å². The molecule has 0 unspecified atom stereocenters. The lowest BCUT2D eigenvalue weighted by atomic mass is 9.88. The Kier molecular flexibility index (Phi) is 14.2. The second kappa shape index (κ2) is 17.6. The summed E-state index contributed by atoms with van der Waals surface area (Å²) in [7, 11) is 0. The summed E-state index contributed by atoms with van der Waals surface area (Å²) in [6.07, 6.45) is 17.5. The Labute approximate surface area is 242 Å². The molecule has 216 valence electrons. The predicted molar refractivity (Wildman–Crippen MR) is 159 cm³/mol. The van der Waals surface area contributed by atoms with Gasteiger partial charge in [-0.3, -0.25) is 0 Å². The van der Waals surface area contributed by atoms with Crippen LogP contribution < -0.4 is 4.74 Å². The smallest absolute Gasteiger partial charge is 0.340 e. The molecule has 1 aliphatic carbocycles. The third-order valence-corrected chi connectivity index (χ3v) is 8.20. The number of carbonyl (C=O) groups is 1. The highest BCUT2D eigenvalue weighted by atomic mass is 79.9. The average molecular weight is 606 g/mol. The van der Waals surface area contributed by atoms with Gasteiger partial charge in [-0.25, -0.2) is 19.2 Å². The fourth-order valence-corrected chi connectivity index (χ4v) is 5.53. The van der Waals surface area contributed by atoms with Crippen LogP contribution in [0.25, 0.3) is 11.4 Å². The lowest BCUT2D eigenvalue weighted by Crippen LogP contribution is -2.30. The molecule has 3 rings (SSSR count). The number of aromatic nitrogens is 2. The topological polar surface area (TPSA) is 61.3 Å². The van der Waals surface area contributed by atoms with Gasteiger partial charge in [-0.1, -0.05) is 65.2 Å². The number of hydrogen-bond acceptors (Lipinski definition) is 5. The van der Waals surface area contributed by atoms with E-state index in [1.54, 1.807) is 0 Å². The fourth-order valence-electron chi connectivity index (χ4n) is 5.04. The first-order valence-electron chi connectivity index (χ1n) is 15.1. The maximum atomic E-state index is 13.9. The highest BCUT2D eigenvalue weighted by Crippen LogP contribution is 2.32. The van der Waals surface area contributed by atoms with Gasteiger partial charge in [0.1, 0.15) is 11.9 Å². The zero-order chi connectivity index (χ0) is 27.9. The van der Waals surface area contributed by atoms with Crippen molar-refractivity contribution in [2.45, 2.75) is 122 Å². The zero-order valence-electron chi connectivity index (χ0n) is 23.8. The van der Waals surface area contributed by atoms with Gasteiger partial charge in [0.2, 0.25) is 0 Å². The Morgan fingerprint density at radius 1 is 0.974 bits per heavy atom. The molecular formula is C32H46BrFN2O3. The van der Waals surface area contributed by atoms with Gasteiger partial charge in [0.25, 0.3) is 0 Å². The Bertz CT molecular complexity index is 980. The minimum Gasteiger partial charge on any atom is -0.492 e. The molecule has 1 heterocycles. The molecule has 7 heteroatoms. The van der Waals surface area contributed by atoms with Crippen molar-refractivity contribution in [3.8, 4) is 17.1 Å². The van der Waals surface area contributed by atoms with Crippen molar-refractivity contribution >= 4 is 21.9 Å². The molecule has 0 bridgehead atoms. The van der Waals surface area contributed by atoms with Crippen molar-refractivity contribution < 1.29 is 18.7 Å². The number of unbranched alkanes of at least 4 members (excludes halogenated alkanes) is 7. The van der Waals surface area contributed by atoms with Gasteiger partial charge in [0.05, 0.1) is 11.1 Å². The van der Waals surface area contributed by atoms with Crippen LogP contribution >= 0.6 is 15.9 Å². The summed E-state index contributed by atoms with van der Waals surface area (Å²) in [6.45, 7) is 4.84. The molecule has 1 saturated carbocycles. The molecule has 1 atom stereocenters. The van der Waals surface area contributed by atoms with Crippen molar-refractivity contribution in [3.63, 3.8) is 0 Å². The van der Waals surface area contributed by atoms with Gasteiger partial charge >= 0.3 is 5.97 Å². The third-order valence-electron chi connectivity index (χ3n) is 7.58. The molecule has 0 radical (unpaired) electrons.